The van der Waals surface area contributed by atoms with Gasteiger partial charge >= 0.3 is 0 Å². The Bertz CT molecular complexity index is 964. The quantitative estimate of drug-likeness (QED) is 0.705. The maximum atomic E-state index is 5.64. The van der Waals surface area contributed by atoms with Crippen LogP contribution in [-0.4, -0.2) is 28.2 Å². The number of nitrogens with zero attached hydrogens (tertiary/aromatic N) is 3. The molecular weight excluding hydrogens is 318 g/mol. The number of benzene rings is 1. The molecule has 24 heavy (non-hydrogen) atoms. The molecule has 0 radical (unpaired) electrons. The smallest absolute Gasteiger partial charge is 0.194 e. The average molecular weight is 337 g/mol. The Balaban J connectivity index is 1.80. The van der Waals surface area contributed by atoms with E-state index in [1.165, 1.54) is 0 Å². The molecule has 5 heteroatoms. The van der Waals surface area contributed by atoms with Gasteiger partial charge in [0.05, 0.1) is 24.6 Å². The highest BCUT2D eigenvalue weighted by Gasteiger charge is 2.16. The van der Waals surface area contributed by atoms with Crippen molar-refractivity contribution in [3.8, 4) is 17.0 Å². The molecule has 0 N–H and O–H groups in total. The van der Waals surface area contributed by atoms with E-state index in [0.717, 1.165) is 45.4 Å². The van der Waals surface area contributed by atoms with Gasteiger partial charge in [-0.25, -0.2) is 4.98 Å². The van der Waals surface area contributed by atoms with Crippen molar-refractivity contribution in [2.24, 2.45) is 4.99 Å². The molecule has 4 nitrogen and oxygen atoms in total. The summed E-state index contributed by atoms with van der Waals surface area (Å²) in [7, 11) is 1.71. The van der Waals surface area contributed by atoms with Gasteiger partial charge in [-0.15, -0.1) is 11.3 Å². The van der Waals surface area contributed by atoms with Crippen LogP contribution in [0.1, 0.15) is 24.6 Å². The van der Waals surface area contributed by atoms with E-state index in [4.69, 9.17) is 14.7 Å². The van der Waals surface area contributed by atoms with Crippen molar-refractivity contribution in [2.75, 3.05) is 7.11 Å². The number of fused-ring (bicyclic) bond motifs is 1. The molecule has 0 saturated carbocycles. The topological polar surface area (TPSA) is 38.9 Å². The Morgan fingerprint density at radius 3 is 2.96 bits per heavy atom. The van der Waals surface area contributed by atoms with E-state index in [9.17, 15) is 0 Å². The predicted molar refractivity (Wildman–Crippen MR) is 99.6 cm³/mol. The van der Waals surface area contributed by atoms with Crippen LogP contribution in [0.4, 0.5) is 0 Å². The van der Waals surface area contributed by atoms with Crippen LogP contribution in [0.2, 0.25) is 0 Å². The van der Waals surface area contributed by atoms with Crippen LogP contribution in [0.5, 0.6) is 5.75 Å². The molecule has 0 amide bonds. The van der Waals surface area contributed by atoms with Crippen LogP contribution in [-0.2, 0) is 0 Å². The number of allylic oxidation sites excluding steroid dienone is 1. The maximum absolute atomic E-state index is 5.64. The fraction of sp³-hybridized carbons (Fsp3) is 0.263. The van der Waals surface area contributed by atoms with E-state index in [1.807, 2.05) is 0 Å². The van der Waals surface area contributed by atoms with E-state index >= 15 is 0 Å². The standard InChI is InChI=1S/C19H19N3OS/c1-12-5-4-6-16(20-12)15-8-7-14(11-17(15)23-3)18-13(2)22-9-10-24-19(22)21-18/h4,6-12H,5H2,1-3H3. The van der Waals surface area contributed by atoms with Gasteiger partial charge in [-0.1, -0.05) is 12.1 Å². The summed E-state index contributed by atoms with van der Waals surface area (Å²) in [6.07, 6.45) is 7.30. The van der Waals surface area contributed by atoms with Crippen molar-refractivity contribution in [3.63, 3.8) is 0 Å². The van der Waals surface area contributed by atoms with Crippen LogP contribution in [0.15, 0.2) is 46.9 Å². The lowest BCUT2D eigenvalue weighted by Crippen LogP contribution is -2.10. The summed E-state index contributed by atoms with van der Waals surface area (Å²) < 4.78 is 7.77. The van der Waals surface area contributed by atoms with Crippen molar-refractivity contribution in [3.05, 3.63) is 53.2 Å². The van der Waals surface area contributed by atoms with E-state index in [-0.39, 0.29) is 0 Å². The molecule has 0 aliphatic carbocycles. The Kier molecular flexibility index (Phi) is 3.73. The van der Waals surface area contributed by atoms with Gasteiger partial charge in [0.1, 0.15) is 5.75 Å². The normalized spacial score (nSPS) is 17.3. The first kappa shape index (κ1) is 15.1. The summed E-state index contributed by atoms with van der Waals surface area (Å²) in [5.41, 5.74) is 5.23. The molecule has 3 heterocycles. The number of methoxy groups -OCH3 is 1. The summed E-state index contributed by atoms with van der Waals surface area (Å²) in [5, 5.41) is 2.05. The number of rotatable bonds is 3. The highest BCUT2D eigenvalue weighted by Crippen LogP contribution is 2.31. The molecule has 1 unspecified atom stereocenters. The highest BCUT2D eigenvalue weighted by molar-refractivity contribution is 7.15. The molecule has 1 aromatic carbocycles. The largest absolute Gasteiger partial charge is 0.496 e. The van der Waals surface area contributed by atoms with Crippen molar-refractivity contribution >= 4 is 22.0 Å². The molecule has 4 rings (SSSR count). The Hall–Kier alpha value is -2.40. The number of aryl methyl sites for hydroxylation is 1. The number of dihydropyridines is 1. The minimum absolute atomic E-state index is 0.316. The lowest BCUT2D eigenvalue weighted by molar-refractivity contribution is 0.414. The SMILES string of the molecule is COc1cc(-c2nc3sccn3c2C)ccc1C1=NC(C)CC=C1. The Morgan fingerprint density at radius 2 is 2.21 bits per heavy atom. The molecule has 2 aromatic heterocycles. The van der Waals surface area contributed by atoms with E-state index < -0.39 is 0 Å². The first-order valence-electron chi connectivity index (χ1n) is 8.02. The third-order valence-electron chi connectivity index (χ3n) is 4.36. The first-order chi connectivity index (χ1) is 11.7. The summed E-state index contributed by atoms with van der Waals surface area (Å²) >= 11 is 1.65. The number of aromatic nitrogens is 2. The molecular formula is C19H19N3OS. The zero-order valence-electron chi connectivity index (χ0n) is 14.0. The Labute approximate surface area is 145 Å². The van der Waals surface area contributed by atoms with E-state index in [1.54, 1.807) is 18.4 Å². The Morgan fingerprint density at radius 1 is 1.33 bits per heavy atom. The number of ether oxygens (including phenoxy) is 1. The average Bonchev–Trinajstić information content (AvgIpc) is 3.17. The summed E-state index contributed by atoms with van der Waals surface area (Å²) in [6.45, 7) is 4.23. The molecule has 1 atom stereocenters. The number of thiazole rings is 1. The minimum Gasteiger partial charge on any atom is -0.496 e. The second-order valence-corrected chi connectivity index (χ2v) is 6.89. The van der Waals surface area contributed by atoms with Gasteiger partial charge in [-0.3, -0.25) is 9.39 Å². The summed E-state index contributed by atoms with van der Waals surface area (Å²) in [4.78, 5) is 10.5. The first-order valence-corrected chi connectivity index (χ1v) is 8.90. The number of aliphatic imine (C=N–C) groups is 1. The minimum atomic E-state index is 0.316. The van der Waals surface area contributed by atoms with Crippen molar-refractivity contribution in [1.82, 2.24) is 9.38 Å². The fourth-order valence-corrected chi connectivity index (χ4v) is 3.85. The molecule has 0 saturated heterocycles. The molecule has 0 fully saturated rings. The lowest BCUT2D eigenvalue weighted by atomic mass is 10.0. The van der Waals surface area contributed by atoms with Crippen LogP contribution >= 0.6 is 11.3 Å². The van der Waals surface area contributed by atoms with Crippen molar-refractivity contribution in [2.45, 2.75) is 26.3 Å². The van der Waals surface area contributed by atoms with Gasteiger partial charge in [0.15, 0.2) is 4.96 Å². The highest BCUT2D eigenvalue weighted by atomic mass is 32.1. The van der Waals surface area contributed by atoms with Gasteiger partial charge in [0.2, 0.25) is 0 Å². The molecule has 3 aromatic rings. The number of hydrogen-bond donors (Lipinski definition) is 0. The fourth-order valence-electron chi connectivity index (χ4n) is 3.09. The van der Waals surface area contributed by atoms with Gasteiger partial charge < -0.3 is 4.74 Å². The summed E-state index contributed by atoms with van der Waals surface area (Å²) in [6, 6.07) is 6.57. The van der Waals surface area contributed by atoms with Crippen LogP contribution in [0, 0.1) is 6.92 Å². The van der Waals surface area contributed by atoms with Gasteiger partial charge in [0, 0.05) is 28.4 Å². The van der Waals surface area contributed by atoms with Crippen LogP contribution < -0.4 is 4.74 Å². The van der Waals surface area contributed by atoms with Gasteiger partial charge in [-0.2, -0.15) is 0 Å². The molecule has 0 spiro atoms. The van der Waals surface area contributed by atoms with Crippen LogP contribution in [0.3, 0.4) is 0 Å². The van der Waals surface area contributed by atoms with Crippen molar-refractivity contribution in [1.29, 1.82) is 0 Å². The number of hydrogen-bond acceptors (Lipinski definition) is 4. The van der Waals surface area contributed by atoms with Gasteiger partial charge in [0.25, 0.3) is 0 Å². The second-order valence-electron chi connectivity index (χ2n) is 6.02. The third kappa shape index (κ3) is 2.45. The van der Waals surface area contributed by atoms with Crippen molar-refractivity contribution < 1.29 is 4.74 Å². The van der Waals surface area contributed by atoms with E-state index in [0.29, 0.717) is 6.04 Å². The zero-order chi connectivity index (χ0) is 16.7. The second kappa shape index (κ2) is 5.91. The van der Waals surface area contributed by atoms with Crippen LogP contribution in [0.25, 0.3) is 16.2 Å². The summed E-state index contributed by atoms with van der Waals surface area (Å²) in [5.74, 6) is 0.834. The zero-order valence-corrected chi connectivity index (χ0v) is 14.8. The molecule has 1 aliphatic heterocycles. The van der Waals surface area contributed by atoms with E-state index in [2.05, 4.69) is 60.2 Å². The monoisotopic (exact) mass is 337 g/mol. The molecule has 0 bridgehead atoms. The lowest BCUT2D eigenvalue weighted by Gasteiger charge is -2.15. The third-order valence-corrected chi connectivity index (χ3v) is 5.12. The predicted octanol–water partition coefficient (Wildman–Crippen LogP) is 4.52. The van der Waals surface area contributed by atoms with Gasteiger partial charge in [-0.05, 0) is 38.5 Å². The maximum Gasteiger partial charge on any atom is 0.194 e. The number of imidazole rings is 1. The molecule has 122 valence electrons. The molecule has 1 aliphatic rings.